The van der Waals surface area contributed by atoms with Crippen molar-refractivity contribution in [2.45, 2.75) is 6.42 Å². The quantitative estimate of drug-likeness (QED) is 0.526. The largest absolute Gasteiger partial charge is 0.352 e. The van der Waals surface area contributed by atoms with Crippen molar-refractivity contribution in [3.63, 3.8) is 0 Å². The van der Waals surface area contributed by atoms with Crippen LogP contribution in [0.25, 0.3) is 11.0 Å². The zero-order valence-corrected chi connectivity index (χ0v) is 14.6. The average molecular weight is 403 g/mol. The average Bonchev–Trinajstić information content (AvgIpc) is 2.94. The van der Waals surface area contributed by atoms with Gasteiger partial charge < -0.3 is 20.6 Å². The first-order valence-electron chi connectivity index (χ1n) is 7.57. The fraction of sp³-hybridized carbons (Fsp3) is 0.118. The van der Waals surface area contributed by atoms with Crippen LogP contribution in [0.15, 0.2) is 51.7 Å². The third-order valence-electron chi connectivity index (χ3n) is 3.54. The van der Waals surface area contributed by atoms with E-state index in [9.17, 15) is 14.4 Å². The van der Waals surface area contributed by atoms with Crippen LogP contribution in [0.3, 0.4) is 0 Å². The summed E-state index contributed by atoms with van der Waals surface area (Å²) < 4.78 is 0.893. The van der Waals surface area contributed by atoms with Gasteiger partial charge in [-0.05, 0) is 42.5 Å². The van der Waals surface area contributed by atoms with Crippen LogP contribution in [0, 0.1) is 0 Å². The van der Waals surface area contributed by atoms with Crippen molar-refractivity contribution in [2.24, 2.45) is 0 Å². The lowest BCUT2D eigenvalue weighted by molar-refractivity contribution is -0.116. The summed E-state index contributed by atoms with van der Waals surface area (Å²) in [5.74, 6) is -0.458. The summed E-state index contributed by atoms with van der Waals surface area (Å²) in [6, 6.07) is 12.0. The van der Waals surface area contributed by atoms with E-state index in [-0.39, 0.29) is 30.5 Å². The summed E-state index contributed by atoms with van der Waals surface area (Å²) in [4.78, 5) is 40.4. The first kappa shape index (κ1) is 17.0. The molecular formula is C17H15BrN4O3. The fourth-order valence-electron chi connectivity index (χ4n) is 2.33. The Morgan fingerprint density at radius 2 is 1.72 bits per heavy atom. The minimum Gasteiger partial charge on any atom is -0.352 e. The normalized spacial score (nSPS) is 10.6. The van der Waals surface area contributed by atoms with Crippen molar-refractivity contribution in [1.29, 1.82) is 0 Å². The van der Waals surface area contributed by atoms with E-state index >= 15 is 0 Å². The first-order chi connectivity index (χ1) is 12.0. The maximum Gasteiger partial charge on any atom is 0.323 e. The number of hydrogen-bond donors (Lipinski definition) is 4. The fourth-order valence-corrected chi connectivity index (χ4v) is 2.59. The minimum absolute atomic E-state index is 0.143. The number of hydrogen-bond acceptors (Lipinski definition) is 3. The molecule has 0 spiro atoms. The van der Waals surface area contributed by atoms with E-state index in [2.05, 4.69) is 36.5 Å². The Labute approximate surface area is 151 Å². The van der Waals surface area contributed by atoms with E-state index in [4.69, 9.17) is 0 Å². The summed E-state index contributed by atoms with van der Waals surface area (Å²) in [5, 5.41) is 5.43. The van der Waals surface area contributed by atoms with Gasteiger partial charge in [-0.15, -0.1) is 0 Å². The Bertz CT molecular complexity index is 975. The van der Waals surface area contributed by atoms with E-state index < -0.39 is 0 Å². The summed E-state index contributed by atoms with van der Waals surface area (Å²) in [5.41, 5.74) is 2.10. The summed E-state index contributed by atoms with van der Waals surface area (Å²) in [6.45, 7) is 0.226. The van der Waals surface area contributed by atoms with Crippen LogP contribution in [0.2, 0.25) is 0 Å². The van der Waals surface area contributed by atoms with Crippen LogP contribution >= 0.6 is 15.9 Å². The third kappa shape index (κ3) is 4.36. The number of amides is 2. The van der Waals surface area contributed by atoms with Gasteiger partial charge in [0.05, 0.1) is 11.0 Å². The molecule has 0 bridgehead atoms. The van der Waals surface area contributed by atoms with Crippen LogP contribution in [-0.2, 0) is 4.79 Å². The number of nitrogens with one attached hydrogen (secondary N) is 4. The van der Waals surface area contributed by atoms with Crippen LogP contribution in [0.1, 0.15) is 16.8 Å². The zero-order chi connectivity index (χ0) is 17.8. The van der Waals surface area contributed by atoms with Crippen LogP contribution in [-0.4, -0.2) is 28.3 Å². The van der Waals surface area contributed by atoms with Crippen LogP contribution in [0.5, 0.6) is 0 Å². The third-order valence-corrected chi connectivity index (χ3v) is 4.07. The molecule has 0 fully saturated rings. The monoisotopic (exact) mass is 402 g/mol. The van der Waals surface area contributed by atoms with Gasteiger partial charge in [0.15, 0.2) is 0 Å². The number of aromatic amines is 2. The van der Waals surface area contributed by atoms with Gasteiger partial charge in [-0.3, -0.25) is 9.59 Å². The lowest BCUT2D eigenvalue weighted by Gasteiger charge is -2.07. The molecular weight excluding hydrogens is 388 g/mol. The molecule has 0 unspecified atom stereocenters. The van der Waals surface area contributed by atoms with Gasteiger partial charge in [-0.2, -0.15) is 0 Å². The molecule has 7 nitrogen and oxygen atoms in total. The lowest BCUT2D eigenvalue weighted by atomic mass is 10.2. The van der Waals surface area contributed by atoms with Gasteiger partial charge in [-0.25, -0.2) is 4.79 Å². The van der Waals surface area contributed by atoms with Gasteiger partial charge >= 0.3 is 5.69 Å². The molecule has 0 saturated heterocycles. The summed E-state index contributed by atoms with van der Waals surface area (Å²) in [6.07, 6.45) is 0.143. The molecule has 0 atom stereocenters. The van der Waals surface area contributed by atoms with Crippen molar-refractivity contribution in [1.82, 2.24) is 15.3 Å². The number of anilines is 1. The van der Waals surface area contributed by atoms with Gasteiger partial charge in [0.25, 0.3) is 5.91 Å². The Morgan fingerprint density at radius 1 is 1.00 bits per heavy atom. The Hall–Kier alpha value is -2.87. The molecule has 8 heteroatoms. The molecule has 0 aliphatic carbocycles. The maximum atomic E-state index is 12.0. The SMILES string of the molecule is O=C(CCNC(=O)c1ccc(Br)cc1)Nc1ccc2[nH]c(=O)[nH]c2c1. The molecule has 0 radical (unpaired) electrons. The van der Waals surface area contributed by atoms with Crippen molar-refractivity contribution in [3.8, 4) is 0 Å². The van der Waals surface area contributed by atoms with E-state index in [1.807, 2.05) is 0 Å². The number of H-pyrrole nitrogens is 2. The Balaban J connectivity index is 1.51. The van der Waals surface area contributed by atoms with Gasteiger partial charge in [0.1, 0.15) is 0 Å². The number of fused-ring (bicyclic) bond motifs is 1. The van der Waals surface area contributed by atoms with Crippen molar-refractivity contribution >= 4 is 44.5 Å². The summed E-state index contributed by atoms with van der Waals surface area (Å²) in [7, 11) is 0. The van der Waals surface area contributed by atoms with Gasteiger partial charge in [0, 0.05) is 28.7 Å². The van der Waals surface area contributed by atoms with E-state index in [1.54, 1.807) is 42.5 Å². The number of imidazole rings is 1. The number of halogens is 1. The lowest BCUT2D eigenvalue weighted by Crippen LogP contribution is -2.27. The van der Waals surface area contributed by atoms with Gasteiger partial charge in [-0.1, -0.05) is 15.9 Å². The molecule has 1 aromatic heterocycles. The molecule has 0 saturated carbocycles. The highest BCUT2D eigenvalue weighted by atomic mass is 79.9. The second-order valence-electron chi connectivity index (χ2n) is 5.40. The molecule has 25 heavy (non-hydrogen) atoms. The molecule has 0 aliphatic heterocycles. The van der Waals surface area contributed by atoms with Gasteiger partial charge in [0.2, 0.25) is 5.91 Å². The smallest absolute Gasteiger partial charge is 0.323 e. The highest BCUT2D eigenvalue weighted by Gasteiger charge is 2.08. The molecule has 2 aromatic carbocycles. The molecule has 3 rings (SSSR count). The first-order valence-corrected chi connectivity index (χ1v) is 8.36. The molecule has 3 aromatic rings. The number of carbonyl (C=O) groups is 2. The molecule has 0 aliphatic rings. The number of rotatable bonds is 5. The predicted octanol–water partition coefficient (Wildman–Crippen LogP) is 2.38. The van der Waals surface area contributed by atoms with Crippen molar-refractivity contribution in [2.75, 3.05) is 11.9 Å². The standard InChI is InChI=1S/C17H15BrN4O3/c18-11-3-1-10(2-4-11)16(24)19-8-7-15(23)20-12-5-6-13-14(9-12)22-17(25)21-13/h1-6,9H,7-8H2,(H,19,24)(H,20,23)(H2,21,22,25). The van der Waals surface area contributed by atoms with Crippen molar-refractivity contribution < 1.29 is 9.59 Å². The highest BCUT2D eigenvalue weighted by molar-refractivity contribution is 9.10. The number of carbonyl (C=O) groups excluding carboxylic acids is 2. The van der Waals surface area contributed by atoms with Crippen LogP contribution in [0.4, 0.5) is 5.69 Å². The topological polar surface area (TPSA) is 107 Å². The highest BCUT2D eigenvalue weighted by Crippen LogP contribution is 2.14. The maximum absolute atomic E-state index is 12.0. The second kappa shape index (κ2) is 7.35. The predicted molar refractivity (Wildman–Crippen MR) is 98.6 cm³/mol. The van der Waals surface area contributed by atoms with E-state index in [0.29, 0.717) is 22.3 Å². The molecule has 4 N–H and O–H groups in total. The molecule has 128 valence electrons. The van der Waals surface area contributed by atoms with E-state index in [1.165, 1.54) is 0 Å². The minimum atomic E-state index is -0.297. The number of benzene rings is 2. The molecule has 2 amide bonds. The summed E-state index contributed by atoms with van der Waals surface area (Å²) >= 11 is 3.31. The molecule has 1 heterocycles. The zero-order valence-electron chi connectivity index (χ0n) is 13.1. The van der Waals surface area contributed by atoms with Crippen molar-refractivity contribution in [3.05, 3.63) is 63.0 Å². The Morgan fingerprint density at radius 3 is 2.48 bits per heavy atom. The second-order valence-corrected chi connectivity index (χ2v) is 6.32. The van der Waals surface area contributed by atoms with E-state index in [0.717, 1.165) is 4.47 Å². The Kier molecular flexibility index (Phi) is 4.99. The number of aromatic nitrogens is 2. The van der Waals surface area contributed by atoms with Crippen LogP contribution < -0.4 is 16.3 Å².